The molecule has 0 fully saturated rings. The molecule has 0 saturated heterocycles. The van der Waals surface area contributed by atoms with Crippen molar-refractivity contribution in [2.75, 3.05) is 12.8 Å². The predicted octanol–water partition coefficient (Wildman–Crippen LogP) is 5.08. The molecule has 2 aromatic rings. The summed E-state index contributed by atoms with van der Waals surface area (Å²) >= 11 is 1.96. The third kappa shape index (κ3) is 5.56. The molecule has 21 heavy (non-hydrogen) atoms. The summed E-state index contributed by atoms with van der Waals surface area (Å²) in [6, 6.07) is 20.1. The molecule has 0 amide bonds. The first-order valence-corrected chi connectivity index (χ1v) is 8.72. The Morgan fingerprint density at radius 3 is 2.33 bits per heavy atom. The highest BCUT2D eigenvalue weighted by atomic mass is 32.2. The summed E-state index contributed by atoms with van der Waals surface area (Å²) in [5.74, 6) is 1.20. The fourth-order valence-corrected chi connectivity index (χ4v) is 3.20. The molecule has 0 spiro atoms. The van der Waals surface area contributed by atoms with Crippen LogP contribution in [0.25, 0.3) is 0 Å². The maximum atomic E-state index is 3.27. The molecule has 112 valence electrons. The number of hydrogen-bond donors (Lipinski definition) is 1. The lowest BCUT2D eigenvalue weighted by molar-refractivity contribution is 0.652. The molecule has 0 aromatic heterocycles. The van der Waals surface area contributed by atoms with E-state index in [9.17, 15) is 0 Å². The van der Waals surface area contributed by atoms with Crippen LogP contribution in [0.3, 0.4) is 0 Å². The largest absolute Gasteiger partial charge is 0.313 e. The number of rotatable bonds is 8. The molecule has 2 heteroatoms. The standard InChI is InChI=1S/C19H25NS/c1-16(20-2)18-11-13-19(14-12-18)21-15-7-6-10-17-8-4-3-5-9-17/h3-5,8-9,11-14,16,20H,6-7,10,15H2,1-2H3. The van der Waals surface area contributed by atoms with Crippen LogP contribution >= 0.6 is 11.8 Å². The fourth-order valence-electron chi connectivity index (χ4n) is 2.29. The fraction of sp³-hybridized carbons (Fsp3) is 0.368. The van der Waals surface area contributed by atoms with E-state index in [1.165, 1.54) is 41.0 Å². The van der Waals surface area contributed by atoms with E-state index in [4.69, 9.17) is 0 Å². The summed E-state index contributed by atoms with van der Waals surface area (Å²) < 4.78 is 0. The van der Waals surface area contributed by atoms with Gasteiger partial charge in [0, 0.05) is 10.9 Å². The van der Waals surface area contributed by atoms with Gasteiger partial charge < -0.3 is 5.32 Å². The molecule has 1 unspecified atom stereocenters. The Kier molecular flexibility index (Phi) is 6.84. The summed E-state index contributed by atoms with van der Waals surface area (Å²) in [5.41, 5.74) is 2.80. The first-order chi connectivity index (χ1) is 10.3. The van der Waals surface area contributed by atoms with E-state index in [1.54, 1.807) is 0 Å². The van der Waals surface area contributed by atoms with Gasteiger partial charge in [-0.15, -0.1) is 11.8 Å². The lowest BCUT2D eigenvalue weighted by Gasteiger charge is -2.11. The van der Waals surface area contributed by atoms with Crippen LogP contribution in [-0.4, -0.2) is 12.8 Å². The molecule has 2 rings (SSSR count). The summed E-state index contributed by atoms with van der Waals surface area (Å²) in [6.45, 7) is 2.19. The summed E-state index contributed by atoms with van der Waals surface area (Å²) in [5, 5.41) is 3.27. The number of benzene rings is 2. The number of hydrogen-bond acceptors (Lipinski definition) is 2. The molecule has 0 heterocycles. The van der Waals surface area contributed by atoms with Gasteiger partial charge in [-0.3, -0.25) is 0 Å². The minimum atomic E-state index is 0.426. The Labute approximate surface area is 133 Å². The van der Waals surface area contributed by atoms with Crippen LogP contribution in [0, 0.1) is 0 Å². The van der Waals surface area contributed by atoms with Crippen molar-refractivity contribution in [2.45, 2.75) is 37.1 Å². The van der Waals surface area contributed by atoms with E-state index in [0.29, 0.717) is 6.04 Å². The van der Waals surface area contributed by atoms with Crippen LogP contribution in [0.5, 0.6) is 0 Å². The van der Waals surface area contributed by atoms with Gasteiger partial charge in [-0.05, 0) is 62.2 Å². The molecule has 1 atom stereocenters. The predicted molar refractivity (Wildman–Crippen MR) is 94.0 cm³/mol. The smallest absolute Gasteiger partial charge is 0.0289 e. The average molecular weight is 299 g/mol. The number of nitrogens with one attached hydrogen (secondary N) is 1. The van der Waals surface area contributed by atoms with Crippen molar-refractivity contribution >= 4 is 11.8 Å². The highest BCUT2D eigenvalue weighted by Crippen LogP contribution is 2.22. The Morgan fingerprint density at radius 1 is 0.952 bits per heavy atom. The quantitative estimate of drug-likeness (QED) is 0.539. The van der Waals surface area contributed by atoms with Crippen LogP contribution in [0.2, 0.25) is 0 Å². The second-order valence-electron chi connectivity index (χ2n) is 5.37. The Hall–Kier alpha value is -1.25. The van der Waals surface area contributed by atoms with E-state index in [0.717, 1.165) is 0 Å². The van der Waals surface area contributed by atoms with Gasteiger partial charge in [-0.2, -0.15) is 0 Å². The van der Waals surface area contributed by atoms with Crippen molar-refractivity contribution in [3.63, 3.8) is 0 Å². The SMILES string of the molecule is CNC(C)c1ccc(SCCCCc2ccccc2)cc1. The highest BCUT2D eigenvalue weighted by Gasteiger charge is 2.02. The van der Waals surface area contributed by atoms with Gasteiger partial charge in [0.15, 0.2) is 0 Å². The maximum absolute atomic E-state index is 3.27. The monoisotopic (exact) mass is 299 g/mol. The van der Waals surface area contributed by atoms with Crippen molar-refractivity contribution in [1.29, 1.82) is 0 Å². The van der Waals surface area contributed by atoms with Gasteiger partial charge in [0.2, 0.25) is 0 Å². The first-order valence-electron chi connectivity index (χ1n) is 7.73. The van der Waals surface area contributed by atoms with Crippen molar-refractivity contribution in [1.82, 2.24) is 5.32 Å². The zero-order valence-electron chi connectivity index (χ0n) is 13.0. The van der Waals surface area contributed by atoms with E-state index in [-0.39, 0.29) is 0 Å². The molecular formula is C19H25NS. The van der Waals surface area contributed by atoms with Crippen LogP contribution in [-0.2, 0) is 6.42 Å². The van der Waals surface area contributed by atoms with E-state index in [1.807, 2.05) is 18.8 Å². The Balaban J connectivity index is 1.67. The van der Waals surface area contributed by atoms with Gasteiger partial charge in [0.25, 0.3) is 0 Å². The van der Waals surface area contributed by atoms with Crippen LogP contribution < -0.4 is 5.32 Å². The molecule has 1 nitrogen and oxygen atoms in total. The van der Waals surface area contributed by atoms with Gasteiger partial charge in [-0.25, -0.2) is 0 Å². The first kappa shape index (κ1) is 16.1. The van der Waals surface area contributed by atoms with Crippen molar-refractivity contribution < 1.29 is 0 Å². The molecular weight excluding hydrogens is 274 g/mol. The number of aryl methyl sites for hydroxylation is 1. The number of thioether (sulfide) groups is 1. The van der Waals surface area contributed by atoms with Crippen molar-refractivity contribution in [3.05, 3.63) is 65.7 Å². The van der Waals surface area contributed by atoms with Crippen LogP contribution in [0.4, 0.5) is 0 Å². The third-order valence-corrected chi connectivity index (χ3v) is 4.88. The number of unbranched alkanes of at least 4 members (excludes halogenated alkanes) is 1. The van der Waals surface area contributed by atoms with Crippen molar-refractivity contribution in [3.8, 4) is 0 Å². The van der Waals surface area contributed by atoms with Gasteiger partial charge in [-0.1, -0.05) is 42.5 Å². The molecule has 0 aliphatic carbocycles. The Bertz CT molecular complexity index is 507. The maximum Gasteiger partial charge on any atom is 0.0289 e. The van der Waals surface area contributed by atoms with E-state index in [2.05, 4.69) is 66.8 Å². The van der Waals surface area contributed by atoms with Crippen molar-refractivity contribution in [2.24, 2.45) is 0 Å². The molecule has 0 bridgehead atoms. The van der Waals surface area contributed by atoms with E-state index >= 15 is 0 Å². The van der Waals surface area contributed by atoms with Crippen LogP contribution in [0.1, 0.15) is 36.9 Å². The van der Waals surface area contributed by atoms with Gasteiger partial charge in [0.05, 0.1) is 0 Å². The lowest BCUT2D eigenvalue weighted by Crippen LogP contribution is -2.11. The normalized spacial score (nSPS) is 12.3. The molecule has 1 N–H and O–H groups in total. The summed E-state index contributed by atoms with van der Waals surface area (Å²) in [4.78, 5) is 1.38. The minimum Gasteiger partial charge on any atom is -0.313 e. The molecule has 2 aromatic carbocycles. The van der Waals surface area contributed by atoms with E-state index < -0.39 is 0 Å². The second kappa shape index (κ2) is 8.91. The minimum absolute atomic E-state index is 0.426. The zero-order chi connectivity index (χ0) is 14.9. The average Bonchev–Trinajstić information content (AvgIpc) is 2.55. The van der Waals surface area contributed by atoms with Gasteiger partial charge in [0.1, 0.15) is 0 Å². The second-order valence-corrected chi connectivity index (χ2v) is 6.54. The molecule has 0 aliphatic heterocycles. The third-order valence-electron chi connectivity index (χ3n) is 3.78. The highest BCUT2D eigenvalue weighted by molar-refractivity contribution is 7.99. The molecule has 0 radical (unpaired) electrons. The lowest BCUT2D eigenvalue weighted by atomic mass is 10.1. The topological polar surface area (TPSA) is 12.0 Å². The van der Waals surface area contributed by atoms with Gasteiger partial charge >= 0.3 is 0 Å². The molecule has 0 aliphatic rings. The summed E-state index contributed by atoms with van der Waals surface area (Å²) in [6.07, 6.45) is 3.74. The van der Waals surface area contributed by atoms with Crippen LogP contribution in [0.15, 0.2) is 59.5 Å². The molecule has 0 saturated carbocycles. The summed E-state index contributed by atoms with van der Waals surface area (Å²) in [7, 11) is 2.00. The Morgan fingerprint density at radius 2 is 1.67 bits per heavy atom. The zero-order valence-corrected chi connectivity index (χ0v) is 13.8.